The lowest BCUT2D eigenvalue weighted by Crippen LogP contribution is -2.17. The Labute approximate surface area is 232 Å². The lowest BCUT2D eigenvalue weighted by Gasteiger charge is -2.16. The molecule has 2 aromatic carbocycles. The van der Waals surface area contributed by atoms with Gasteiger partial charge in [-0.25, -0.2) is 4.98 Å². The summed E-state index contributed by atoms with van der Waals surface area (Å²) in [6, 6.07) is 11.4. The highest BCUT2D eigenvalue weighted by Crippen LogP contribution is 2.35. The van der Waals surface area contributed by atoms with E-state index in [9.17, 15) is 10.1 Å². The van der Waals surface area contributed by atoms with Crippen LogP contribution in [0.3, 0.4) is 0 Å². The van der Waals surface area contributed by atoms with E-state index >= 15 is 0 Å². The number of anilines is 3. The van der Waals surface area contributed by atoms with Gasteiger partial charge in [-0.3, -0.25) is 14.5 Å². The second-order valence-corrected chi connectivity index (χ2v) is 9.84. The number of aryl methyl sites for hydroxylation is 2. The summed E-state index contributed by atoms with van der Waals surface area (Å²) in [5.74, 6) is 0.512. The summed E-state index contributed by atoms with van der Waals surface area (Å²) in [5.41, 5.74) is 3.93. The third kappa shape index (κ3) is 7.44. The maximum atomic E-state index is 12.6. The van der Waals surface area contributed by atoms with Gasteiger partial charge < -0.3 is 20.3 Å². The van der Waals surface area contributed by atoms with Gasteiger partial charge in [-0.1, -0.05) is 11.6 Å². The molecule has 0 saturated carbocycles. The van der Waals surface area contributed by atoms with Gasteiger partial charge in [-0.15, -0.1) is 0 Å². The van der Waals surface area contributed by atoms with Crippen LogP contribution in [0.2, 0.25) is 5.02 Å². The number of pyridine rings is 1. The normalized spacial score (nSPS) is 11.0. The van der Waals surface area contributed by atoms with Crippen molar-refractivity contribution in [2.24, 2.45) is 0 Å². The molecule has 0 aliphatic heterocycles. The Bertz CT molecular complexity index is 1480. The first kappa shape index (κ1) is 27.8. The van der Waals surface area contributed by atoms with Gasteiger partial charge in [0.05, 0.1) is 28.4 Å². The number of hydrogen-bond donors (Lipinski definition) is 2. The van der Waals surface area contributed by atoms with Crippen LogP contribution >= 0.6 is 11.6 Å². The minimum absolute atomic E-state index is 0.0538. The van der Waals surface area contributed by atoms with E-state index in [2.05, 4.69) is 31.8 Å². The van der Waals surface area contributed by atoms with E-state index in [1.54, 1.807) is 23.1 Å². The first-order valence-corrected chi connectivity index (χ1v) is 13.0. The zero-order valence-corrected chi connectivity index (χ0v) is 23.0. The molecule has 2 N–H and O–H groups in total. The lowest BCUT2D eigenvalue weighted by molar-refractivity contribution is -0.116. The molecule has 0 fully saturated rings. The number of aromatic nitrogens is 4. The summed E-state index contributed by atoms with van der Waals surface area (Å²) in [6.45, 7) is 3.93. The van der Waals surface area contributed by atoms with Crippen molar-refractivity contribution in [2.75, 3.05) is 37.9 Å². The molecule has 4 rings (SSSR count). The van der Waals surface area contributed by atoms with Crippen molar-refractivity contribution < 1.29 is 9.53 Å². The number of nitrogens with zero attached hydrogens (tertiary/aromatic N) is 6. The molecule has 0 atom stereocenters. The summed E-state index contributed by atoms with van der Waals surface area (Å²) in [5, 5.41) is 21.4. The Kier molecular flexibility index (Phi) is 9.31. The second-order valence-electron chi connectivity index (χ2n) is 9.43. The minimum atomic E-state index is -0.0538. The van der Waals surface area contributed by atoms with Crippen LogP contribution in [0.5, 0.6) is 5.75 Å². The third-order valence-electron chi connectivity index (χ3n) is 6.07. The van der Waals surface area contributed by atoms with Crippen molar-refractivity contribution in [3.63, 3.8) is 0 Å². The fraction of sp³-hybridized carbons (Fsp3) is 0.321. The van der Waals surface area contributed by atoms with E-state index in [0.717, 1.165) is 24.9 Å². The number of ether oxygens (including phenoxy) is 1. The number of halogens is 1. The van der Waals surface area contributed by atoms with E-state index in [1.807, 2.05) is 44.1 Å². The van der Waals surface area contributed by atoms with E-state index in [1.165, 1.54) is 12.5 Å². The molecule has 0 bridgehead atoms. The van der Waals surface area contributed by atoms with Crippen LogP contribution in [0.4, 0.5) is 17.1 Å². The van der Waals surface area contributed by atoms with Crippen LogP contribution in [0.15, 0.2) is 49.2 Å². The Morgan fingerprint density at radius 2 is 2.08 bits per heavy atom. The Morgan fingerprint density at radius 3 is 2.79 bits per heavy atom. The predicted octanol–water partition coefficient (Wildman–Crippen LogP) is 5.15. The number of benzene rings is 2. The van der Waals surface area contributed by atoms with Crippen LogP contribution < -0.4 is 15.4 Å². The number of rotatable bonds is 12. The number of nitrogens with one attached hydrogen (secondary N) is 2. The van der Waals surface area contributed by atoms with Gasteiger partial charge in [0.15, 0.2) is 0 Å². The maximum Gasteiger partial charge on any atom is 0.224 e. The second kappa shape index (κ2) is 13.0. The molecule has 39 heavy (non-hydrogen) atoms. The van der Waals surface area contributed by atoms with Crippen molar-refractivity contribution in [3.8, 4) is 11.8 Å². The van der Waals surface area contributed by atoms with Crippen molar-refractivity contribution in [1.29, 1.82) is 5.26 Å². The van der Waals surface area contributed by atoms with Crippen LogP contribution in [0, 0.1) is 18.3 Å². The molecule has 0 aliphatic carbocycles. The monoisotopic (exact) mass is 546 g/mol. The molecule has 0 spiro atoms. The van der Waals surface area contributed by atoms with Crippen LogP contribution in [0.1, 0.15) is 30.4 Å². The quantitative estimate of drug-likeness (QED) is 0.234. The van der Waals surface area contributed by atoms with Gasteiger partial charge in [0, 0.05) is 42.3 Å². The highest BCUT2D eigenvalue weighted by Gasteiger charge is 2.14. The molecule has 11 heteroatoms. The zero-order chi connectivity index (χ0) is 27.8. The van der Waals surface area contributed by atoms with Gasteiger partial charge >= 0.3 is 0 Å². The summed E-state index contributed by atoms with van der Waals surface area (Å²) < 4.78 is 7.58. The molecular formula is C28H31ClN8O2. The Morgan fingerprint density at radius 1 is 1.23 bits per heavy atom. The fourth-order valence-electron chi connectivity index (χ4n) is 4.06. The molecule has 0 unspecified atom stereocenters. The summed E-state index contributed by atoms with van der Waals surface area (Å²) in [4.78, 5) is 23.0. The number of amides is 1. The van der Waals surface area contributed by atoms with Crippen molar-refractivity contribution in [2.45, 2.75) is 32.7 Å². The van der Waals surface area contributed by atoms with Crippen molar-refractivity contribution >= 4 is 45.5 Å². The zero-order valence-electron chi connectivity index (χ0n) is 22.2. The van der Waals surface area contributed by atoms with Gasteiger partial charge in [0.2, 0.25) is 5.91 Å². The Hall–Kier alpha value is -4.20. The molecule has 0 aliphatic rings. The third-order valence-corrected chi connectivity index (χ3v) is 6.37. The molecular weight excluding hydrogens is 516 g/mol. The topological polar surface area (TPSA) is 121 Å². The predicted molar refractivity (Wildman–Crippen MR) is 152 cm³/mol. The lowest BCUT2D eigenvalue weighted by atomic mass is 10.0. The highest BCUT2D eigenvalue weighted by molar-refractivity contribution is 6.32. The standard InChI is InChI=1S/C28H31ClN8O2/c1-19-12-25-22(14-24(19)35-27(38)6-4-9-36(2)3)28(20(15-30)16-32-25)34-21-7-8-26(23(29)13-21)39-11-5-10-37-18-31-17-33-37/h7-8,12-14,16-18H,4-6,9-11H2,1-3H3,(H,32,34)(H,35,38). The average Bonchev–Trinajstić information content (AvgIpc) is 3.42. The first-order chi connectivity index (χ1) is 18.8. The van der Waals surface area contributed by atoms with E-state index in [4.69, 9.17) is 16.3 Å². The van der Waals surface area contributed by atoms with E-state index in [0.29, 0.717) is 63.9 Å². The average molecular weight is 547 g/mol. The van der Waals surface area contributed by atoms with Gasteiger partial charge in [0.25, 0.3) is 0 Å². The van der Waals surface area contributed by atoms with Crippen molar-refractivity contribution in [1.82, 2.24) is 24.6 Å². The number of carbonyl (C=O) groups excluding carboxylic acids is 1. The number of hydrogen-bond acceptors (Lipinski definition) is 8. The molecule has 0 saturated heterocycles. The van der Waals surface area contributed by atoms with Gasteiger partial charge in [-0.2, -0.15) is 10.4 Å². The van der Waals surface area contributed by atoms with Crippen LogP contribution in [-0.2, 0) is 11.3 Å². The van der Waals surface area contributed by atoms with E-state index < -0.39 is 0 Å². The summed E-state index contributed by atoms with van der Waals surface area (Å²) in [7, 11) is 3.96. The highest BCUT2D eigenvalue weighted by atomic mass is 35.5. The summed E-state index contributed by atoms with van der Waals surface area (Å²) >= 11 is 6.51. The molecule has 2 heterocycles. The van der Waals surface area contributed by atoms with Crippen LogP contribution in [0.25, 0.3) is 10.9 Å². The molecule has 4 aromatic rings. The van der Waals surface area contributed by atoms with Gasteiger partial charge in [-0.05, 0) is 69.9 Å². The van der Waals surface area contributed by atoms with Crippen LogP contribution in [-0.4, -0.2) is 57.8 Å². The number of fused-ring (bicyclic) bond motifs is 1. The minimum Gasteiger partial charge on any atom is -0.492 e. The number of nitriles is 1. The first-order valence-electron chi connectivity index (χ1n) is 12.6. The molecule has 2 aromatic heterocycles. The number of carbonyl (C=O) groups is 1. The van der Waals surface area contributed by atoms with Crippen molar-refractivity contribution in [3.05, 3.63) is 65.3 Å². The molecule has 0 radical (unpaired) electrons. The maximum absolute atomic E-state index is 12.6. The Balaban J connectivity index is 1.51. The summed E-state index contributed by atoms with van der Waals surface area (Å²) in [6.07, 6.45) is 6.64. The smallest absolute Gasteiger partial charge is 0.224 e. The van der Waals surface area contributed by atoms with E-state index in [-0.39, 0.29) is 5.91 Å². The molecule has 10 nitrogen and oxygen atoms in total. The molecule has 202 valence electrons. The van der Waals surface area contributed by atoms with Gasteiger partial charge in [0.1, 0.15) is 24.5 Å². The molecule has 1 amide bonds. The SMILES string of the molecule is Cc1cc2ncc(C#N)c(Nc3ccc(OCCCn4cncn4)c(Cl)c3)c2cc1NC(=O)CCCN(C)C. The fourth-order valence-corrected chi connectivity index (χ4v) is 4.30. The largest absolute Gasteiger partial charge is 0.492 e.